The largest absolute Gasteiger partial charge is 0.261 e. The molecule has 0 spiro atoms. The lowest BCUT2D eigenvalue weighted by atomic mass is 9.66. The molecule has 1 aromatic carbocycles. The zero-order chi connectivity index (χ0) is 26.2. The number of aromatic nitrogens is 6. The Morgan fingerprint density at radius 2 is 1.84 bits per heavy atom. The summed E-state index contributed by atoms with van der Waals surface area (Å²) in [5.41, 5.74) is 2.74. The highest BCUT2D eigenvalue weighted by atomic mass is 32.2. The minimum atomic E-state index is -3.25. The third-order valence-electron chi connectivity index (χ3n) is 7.97. The van der Waals surface area contributed by atoms with Crippen LogP contribution in [0.1, 0.15) is 49.6 Å². The molecule has 3 heterocycles. The van der Waals surface area contributed by atoms with Crippen molar-refractivity contribution in [2.45, 2.75) is 43.9 Å². The van der Waals surface area contributed by atoms with Gasteiger partial charge in [-0.05, 0) is 47.9 Å². The lowest BCUT2D eigenvalue weighted by molar-refractivity contribution is 0.242. The molecule has 3 aromatic heterocycles. The number of sulfone groups is 1. The van der Waals surface area contributed by atoms with E-state index >= 15 is 0 Å². The van der Waals surface area contributed by atoms with Crippen molar-refractivity contribution in [3.63, 3.8) is 0 Å². The first-order valence-corrected chi connectivity index (χ1v) is 13.9. The van der Waals surface area contributed by atoms with Crippen LogP contribution in [0.2, 0.25) is 0 Å². The molecular formula is C26H24F2N6O2S. The van der Waals surface area contributed by atoms with Crippen molar-refractivity contribution < 1.29 is 17.2 Å². The fourth-order valence-electron chi connectivity index (χ4n) is 6.27. The molecule has 11 heteroatoms. The van der Waals surface area contributed by atoms with E-state index in [1.54, 1.807) is 30.9 Å². The molecule has 0 N–H and O–H groups in total. The molecule has 1 fully saturated rings. The third-order valence-corrected chi connectivity index (χ3v) is 8.70. The van der Waals surface area contributed by atoms with Gasteiger partial charge in [-0.15, -0.1) is 5.10 Å². The van der Waals surface area contributed by atoms with Crippen LogP contribution in [0, 0.1) is 17.0 Å². The normalized spacial score (nSPS) is 21.8. The molecule has 2 aliphatic carbocycles. The quantitative estimate of drug-likeness (QED) is 0.385. The van der Waals surface area contributed by atoms with E-state index in [0.717, 1.165) is 36.0 Å². The van der Waals surface area contributed by atoms with E-state index in [2.05, 4.69) is 34.1 Å². The SMILES string of the molecule is CC1(C)[C@H]2CC[C@]1(c1cncc(-c3cnn(CS(C)(=O)=O)c3)n1)c1nnc(-c3c(F)cccc3F)cc12. The molecule has 1 saturated carbocycles. The van der Waals surface area contributed by atoms with E-state index < -0.39 is 26.9 Å². The van der Waals surface area contributed by atoms with Gasteiger partial charge in [-0.25, -0.2) is 22.2 Å². The highest BCUT2D eigenvalue weighted by Gasteiger charge is 2.65. The van der Waals surface area contributed by atoms with E-state index in [0.29, 0.717) is 11.3 Å². The molecule has 2 aliphatic rings. The minimum Gasteiger partial charge on any atom is -0.261 e. The average Bonchev–Trinajstić information content (AvgIpc) is 3.45. The van der Waals surface area contributed by atoms with Gasteiger partial charge in [0.05, 0.1) is 46.1 Å². The van der Waals surface area contributed by atoms with Crippen molar-refractivity contribution in [3.8, 4) is 22.5 Å². The highest BCUT2D eigenvalue weighted by molar-refractivity contribution is 7.89. The molecule has 37 heavy (non-hydrogen) atoms. The first kappa shape index (κ1) is 23.8. The molecule has 2 bridgehead atoms. The summed E-state index contributed by atoms with van der Waals surface area (Å²) in [5.74, 6) is -1.48. The highest BCUT2D eigenvalue weighted by Crippen LogP contribution is 2.69. The van der Waals surface area contributed by atoms with Crippen molar-refractivity contribution in [2.24, 2.45) is 5.41 Å². The van der Waals surface area contributed by atoms with Gasteiger partial charge in [0.25, 0.3) is 0 Å². The summed E-state index contributed by atoms with van der Waals surface area (Å²) < 4.78 is 53.7. The Balaban J connectivity index is 1.45. The zero-order valence-electron chi connectivity index (χ0n) is 20.5. The Labute approximate surface area is 212 Å². The number of hydrogen-bond acceptors (Lipinski definition) is 7. The lowest BCUT2D eigenvalue weighted by Crippen LogP contribution is -2.38. The number of halogens is 2. The van der Waals surface area contributed by atoms with E-state index in [-0.39, 0.29) is 28.5 Å². The molecule has 0 aliphatic heterocycles. The van der Waals surface area contributed by atoms with Gasteiger partial charge >= 0.3 is 0 Å². The van der Waals surface area contributed by atoms with Crippen LogP contribution >= 0.6 is 0 Å². The Kier molecular flexibility index (Phi) is 5.11. The molecule has 6 rings (SSSR count). The number of hydrogen-bond donors (Lipinski definition) is 0. The van der Waals surface area contributed by atoms with E-state index in [9.17, 15) is 17.2 Å². The Hall–Kier alpha value is -3.60. The van der Waals surface area contributed by atoms with Gasteiger partial charge in [-0.1, -0.05) is 19.9 Å². The van der Waals surface area contributed by atoms with Gasteiger partial charge in [0, 0.05) is 24.2 Å². The summed E-state index contributed by atoms with van der Waals surface area (Å²) in [6, 6.07) is 5.52. The molecule has 0 radical (unpaired) electrons. The monoisotopic (exact) mass is 522 g/mol. The standard InChI is InChI=1S/C26H24F2N6O2S/c1-25(2)17-7-8-26(25,24-16(17)9-20(32-33-24)23-18(27)5-4-6-19(23)28)22-12-29-11-21(31-22)15-10-30-34(13-15)14-37(3,35)36/h4-6,9-13,17H,7-8,14H2,1-3H3/t17-,26-/m0/s1. The van der Waals surface area contributed by atoms with Crippen molar-refractivity contribution in [1.82, 2.24) is 29.9 Å². The molecule has 2 atom stereocenters. The molecule has 0 unspecified atom stereocenters. The minimum absolute atomic E-state index is 0.106. The van der Waals surface area contributed by atoms with Crippen molar-refractivity contribution in [3.05, 3.63) is 77.6 Å². The lowest BCUT2D eigenvalue weighted by Gasteiger charge is -2.37. The van der Waals surface area contributed by atoms with Crippen LogP contribution in [0.4, 0.5) is 8.78 Å². The number of fused-ring (bicyclic) bond motifs is 5. The molecule has 8 nitrogen and oxygen atoms in total. The van der Waals surface area contributed by atoms with Crippen LogP contribution in [0.15, 0.2) is 49.1 Å². The maximum Gasteiger partial charge on any atom is 0.167 e. The third kappa shape index (κ3) is 3.51. The zero-order valence-corrected chi connectivity index (χ0v) is 21.3. The van der Waals surface area contributed by atoms with Crippen LogP contribution in [0.25, 0.3) is 22.5 Å². The Morgan fingerprint density at radius 3 is 2.57 bits per heavy atom. The van der Waals surface area contributed by atoms with E-state index in [4.69, 9.17) is 4.98 Å². The first-order valence-electron chi connectivity index (χ1n) is 11.9. The molecule has 0 amide bonds. The van der Waals surface area contributed by atoms with Crippen molar-refractivity contribution >= 4 is 9.84 Å². The second-order valence-electron chi connectivity index (χ2n) is 10.5. The summed E-state index contributed by atoms with van der Waals surface area (Å²) in [4.78, 5) is 9.42. The Bertz CT molecular complexity index is 1650. The van der Waals surface area contributed by atoms with Gasteiger partial charge in [0.2, 0.25) is 0 Å². The fourth-order valence-corrected chi connectivity index (χ4v) is 6.90. The van der Waals surface area contributed by atoms with Crippen LogP contribution in [0.3, 0.4) is 0 Å². The maximum atomic E-state index is 14.5. The summed E-state index contributed by atoms with van der Waals surface area (Å²) in [7, 11) is -3.25. The van der Waals surface area contributed by atoms with Crippen LogP contribution in [-0.2, 0) is 21.1 Å². The second kappa shape index (κ2) is 7.95. The number of nitrogens with zero attached hydrogens (tertiary/aromatic N) is 6. The molecule has 190 valence electrons. The molecule has 0 saturated heterocycles. The van der Waals surface area contributed by atoms with Gasteiger partial charge < -0.3 is 0 Å². The second-order valence-corrected chi connectivity index (χ2v) is 12.6. The van der Waals surface area contributed by atoms with Crippen molar-refractivity contribution in [2.75, 3.05) is 6.26 Å². The molecule has 4 aromatic rings. The topological polar surface area (TPSA) is 104 Å². The molecular weight excluding hydrogens is 498 g/mol. The summed E-state index contributed by atoms with van der Waals surface area (Å²) in [6.45, 7) is 4.32. The summed E-state index contributed by atoms with van der Waals surface area (Å²) in [5, 5.41) is 13.0. The summed E-state index contributed by atoms with van der Waals surface area (Å²) in [6.07, 6.45) is 9.34. The van der Waals surface area contributed by atoms with Gasteiger partial charge in [0.1, 0.15) is 17.5 Å². The summed E-state index contributed by atoms with van der Waals surface area (Å²) >= 11 is 0. The Morgan fingerprint density at radius 1 is 1.08 bits per heavy atom. The fraction of sp³-hybridized carbons (Fsp3) is 0.346. The number of benzene rings is 1. The smallest absolute Gasteiger partial charge is 0.167 e. The predicted octanol–water partition coefficient (Wildman–Crippen LogP) is 4.28. The van der Waals surface area contributed by atoms with Crippen LogP contribution < -0.4 is 0 Å². The van der Waals surface area contributed by atoms with Gasteiger partial charge in [-0.2, -0.15) is 10.2 Å². The van der Waals surface area contributed by atoms with Gasteiger partial charge in [0.15, 0.2) is 9.84 Å². The van der Waals surface area contributed by atoms with Crippen LogP contribution in [-0.4, -0.2) is 44.6 Å². The maximum absolute atomic E-state index is 14.5. The van der Waals surface area contributed by atoms with Gasteiger partial charge in [-0.3, -0.25) is 9.67 Å². The van der Waals surface area contributed by atoms with E-state index in [1.807, 2.05) is 0 Å². The average molecular weight is 523 g/mol. The van der Waals surface area contributed by atoms with Crippen molar-refractivity contribution in [1.29, 1.82) is 0 Å². The first-order chi connectivity index (χ1) is 17.5. The van der Waals surface area contributed by atoms with E-state index in [1.165, 1.54) is 22.9 Å². The number of rotatable bonds is 5. The predicted molar refractivity (Wildman–Crippen MR) is 132 cm³/mol. The van der Waals surface area contributed by atoms with Crippen LogP contribution in [0.5, 0.6) is 0 Å².